The van der Waals surface area contributed by atoms with Crippen LogP contribution in [0.4, 0.5) is 0 Å². The molecule has 4 bridgehead atoms. The summed E-state index contributed by atoms with van der Waals surface area (Å²) in [6, 6.07) is 6.27. The fourth-order valence-electron chi connectivity index (χ4n) is 6.73. The first-order chi connectivity index (χ1) is 15.0. The van der Waals surface area contributed by atoms with Gasteiger partial charge in [-0.3, -0.25) is 9.59 Å². The van der Waals surface area contributed by atoms with Crippen LogP contribution >= 0.6 is 11.6 Å². The van der Waals surface area contributed by atoms with Crippen LogP contribution in [-0.2, 0) is 24.2 Å². The molecule has 0 spiro atoms. The van der Waals surface area contributed by atoms with Crippen LogP contribution in [0.1, 0.15) is 58.8 Å². The van der Waals surface area contributed by atoms with Crippen molar-refractivity contribution in [2.24, 2.45) is 34.5 Å². The minimum absolute atomic E-state index is 0.0757. The van der Waals surface area contributed by atoms with Crippen molar-refractivity contribution in [3.8, 4) is 0 Å². The molecule has 2 unspecified atom stereocenters. The SMILES string of the molecule is COC(=O)C12CC3CC(C1)C(CC(=O)C(C)(C)CCS(=O)(=O)c1cccc(Cl)c1)C(C3)C2. The third-order valence-corrected chi connectivity index (χ3v) is 10.4. The summed E-state index contributed by atoms with van der Waals surface area (Å²) in [7, 11) is -2.03. The molecule has 4 fully saturated rings. The maximum absolute atomic E-state index is 13.3. The molecule has 0 amide bonds. The second-order valence-corrected chi connectivity index (χ2v) is 13.5. The number of ether oxygens (including phenoxy) is 1. The Morgan fingerprint density at radius 1 is 1.16 bits per heavy atom. The van der Waals surface area contributed by atoms with Crippen molar-refractivity contribution in [1.82, 2.24) is 0 Å². The van der Waals surface area contributed by atoms with Crippen molar-refractivity contribution in [2.45, 2.75) is 63.7 Å². The van der Waals surface area contributed by atoms with Crippen molar-refractivity contribution in [3.63, 3.8) is 0 Å². The highest BCUT2D eigenvalue weighted by Crippen LogP contribution is 2.63. The molecule has 7 heteroatoms. The van der Waals surface area contributed by atoms with E-state index in [2.05, 4.69) is 0 Å². The van der Waals surface area contributed by atoms with E-state index in [-0.39, 0.29) is 34.2 Å². The Labute approximate surface area is 196 Å². The van der Waals surface area contributed by atoms with Gasteiger partial charge < -0.3 is 4.74 Å². The van der Waals surface area contributed by atoms with E-state index >= 15 is 0 Å². The Morgan fingerprint density at radius 3 is 2.41 bits per heavy atom. The first-order valence-corrected chi connectivity index (χ1v) is 13.6. The maximum Gasteiger partial charge on any atom is 0.311 e. The molecule has 4 aliphatic carbocycles. The number of hydrogen-bond acceptors (Lipinski definition) is 5. The molecule has 176 valence electrons. The van der Waals surface area contributed by atoms with Gasteiger partial charge in [0.2, 0.25) is 0 Å². The van der Waals surface area contributed by atoms with Crippen molar-refractivity contribution >= 4 is 33.2 Å². The highest BCUT2D eigenvalue weighted by molar-refractivity contribution is 7.91. The summed E-state index contributed by atoms with van der Waals surface area (Å²) in [6.07, 6.45) is 5.52. The van der Waals surface area contributed by atoms with Crippen LogP contribution in [0.3, 0.4) is 0 Å². The molecule has 2 atom stereocenters. The van der Waals surface area contributed by atoms with E-state index < -0.39 is 15.3 Å². The lowest BCUT2D eigenvalue weighted by atomic mass is 9.45. The largest absolute Gasteiger partial charge is 0.469 e. The van der Waals surface area contributed by atoms with Gasteiger partial charge in [0, 0.05) is 16.9 Å². The molecule has 1 aromatic rings. The van der Waals surface area contributed by atoms with E-state index in [1.54, 1.807) is 18.2 Å². The molecule has 5 nitrogen and oxygen atoms in total. The predicted molar refractivity (Wildman–Crippen MR) is 123 cm³/mol. The van der Waals surface area contributed by atoms with Crippen molar-refractivity contribution < 1.29 is 22.7 Å². The Bertz CT molecular complexity index is 999. The maximum atomic E-state index is 13.3. The van der Waals surface area contributed by atoms with Crippen LogP contribution in [-0.4, -0.2) is 33.0 Å². The molecule has 0 N–H and O–H groups in total. The first kappa shape index (κ1) is 23.7. The van der Waals surface area contributed by atoms with E-state index in [0.717, 1.165) is 32.1 Å². The Morgan fingerprint density at radius 2 is 1.81 bits per heavy atom. The fourth-order valence-corrected chi connectivity index (χ4v) is 8.59. The van der Waals surface area contributed by atoms with E-state index in [0.29, 0.717) is 35.1 Å². The van der Waals surface area contributed by atoms with Crippen LogP contribution in [0.2, 0.25) is 5.02 Å². The van der Waals surface area contributed by atoms with Gasteiger partial charge in [0.05, 0.1) is 23.2 Å². The lowest BCUT2D eigenvalue weighted by molar-refractivity contribution is -0.175. The molecule has 4 aliphatic rings. The Balaban J connectivity index is 1.41. The van der Waals surface area contributed by atoms with Gasteiger partial charge in [-0.25, -0.2) is 8.42 Å². The second-order valence-electron chi connectivity index (χ2n) is 10.9. The average molecular weight is 481 g/mol. The number of Topliss-reactive ketones (excluding diaryl/α,β-unsaturated/α-hetero) is 1. The molecule has 1 aromatic carbocycles. The number of hydrogen-bond donors (Lipinski definition) is 0. The number of ketones is 1. The smallest absolute Gasteiger partial charge is 0.311 e. The molecule has 0 aromatic heterocycles. The number of benzene rings is 1. The predicted octanol–water partition coefficient (Wildman–Crippen LogP) is 5.10. The topological polar surface area (TPSA) is 77.5 Å². The molecule has 5 rings (SSSR count). The van der Waals surface area contributed by atoms with Crippen LogP contribution in [0.25, 0.3) is 0 Å². The lowest BCUT2D eigenvalue weighted by Gasteiger charge is -2.59. The molecule has 4 saturated carbocycles. The van der Waals surface area contributed by atoms with E-state index in [4.69, 9.17) is 16.3 Å². The minimum Gasteiger partial charge on any atom is -0.469 e. The highest BCUT2D eigenvalue weighted by atomic mass is 35.5. The number of rotatable bonds is 8. The van der Waals surface area contributed by atoms with Gasteiger partial charge in [-0.1, -0.05) is 31.5 Å². The summed E-state index contributed by atoms with van der Waals surface area (Å²) in [6.45, 7) is 3.71. The van der Waals surface area contributed by atoms with Gasteiger partial charge in [-0.2, -0.15) is 0 Å². The number of sulfone groups is 1. The zero-order valence-electron chi connectivity index (χ0n) is 19.1. The van der Waals surface area contributed by atoms with Crippen LogP contribution in [0, 0.1) is 34.5 Å². The number of carbonyl (C=O) groups is 2. The molecule has 0 aliphatic heterocycles. The Kier molecular flexibility index (Phi) is 6.25. The molecular weight excluding hydrogens is 448 g/mol. The van der Waals surface area contributed by atoms with Crippen LogP contribution in [0.5, 0.6) is 0 Å². The second kappa shape index (κ2) is 8.43. The summed E-state index contributed by atoms with van der Waals surface area (Å²) in [5.41, 5.74) is -1.06. The zero-order valence-corrected chi connectivity index (χ0v) is 20.7. The van der Waals surface area contributed by atoms with Crippen molar-refractivity contribution in [2.75, 3.05) is 12.9 Å². The lowest BCUT2D eigenvalue weighted by Crippen LogP contribution is -2.55. The summed E-state index contributed by atoms with van der Waals surface area (Å²) < 4.78 is 30.7. The minimum atomic E-state index is -3.51. The van der Waals surface area contributed by atoms with E-state index in [1.807, 2.05) is 13.8 Å². The van der Waals surface area contributed by atoms with Crippen molar-refractivity contribution in [1.29, 1.82) is 0 Å². The van der Waals surface area contributed by atoms with E-state index in [1.165, 1.54) is 13.2 Å². The van der Waals surface area contributed by atoms with Crippen LogP contribution in [0.15, 0.2) is 29.2 Å². The van der Waals surface area contributed by atoms with Gasteiger partial charge in [0.25, 0.3) is 0 Å². The number of esters is 1. The quantitative estimate of drug-likeness (QED) is 0.483. The molecule has 0 saturated heterocycles. The first-order valence-electron chi connectivity index (χ1n) is 11.6. The molecular formula is C25H33ClO5S. The summed E-state index contributed by atoms with van der Waals surface area (Å²) in [5.74, 6) is 1.59. The van der Waals surface area contributed by atoms with Gasteiger partial charge in [-0.05, 0) is 80.4 Å². The normalized spacial score (nSPS) is 31.5. The highest BCUT2D eigenvalue weighted by Gasteiger charge is 2.59. The number of methoxy groups -OCH3 is 1. The molecule has 0 radical (unpaired) electrons. The Hall–Kier alpha value is -1.40. The van der Waals surface area contributed by atoms with Gasteiger partial charge in [-0.15, -0.1) is 0 Å². The van der Waals surface area contributed by atoms with Gasteiger partial charge in [0.1, 0.15) is 5.78 Å². The third-order valence-electron chi connectivity index (χ3n) is 8.41. The molecule has 0 heterocycles. The van der Waals surface area contributed by atoms with E-state index in [9.17, 15) is 18.0 Å². The standard InChI is InChI=1S/C25H33ClO5S/c1-24(2,7-8-32(29,30)20-6-4-5-19(26)11-20)22(27)12-21-17-9-16-10-18(21)15-25(13-16,14-17)23(28)31-3/h4-6,11,16-18,21H,7-10,12-15H2,1-3H3. The zero-order chi connectivity index (χ0) is 23.3. The fraction of sp³-hybridized carbons (Fsp3) is 0.680. The number of carbonyl (C=O) groups excluding carboxylic acids is 2. The van der Waals surface area contributed by atoms with Gasteiger partial charge >= 0.3 is 5.97 Å². The summed E-state index contributed by atoms with van der Waals surface area (Å²) in [5, 5.41) is 0.382. The summed E-state index contributed by atoms with van der Waals surface area (Å²) in [4.78, 5) is 26.0. The number of halogens is 1. The average Bonchev–Trinajstić information content (AvgIpc) is 2.73. The monoisotopic (exact) mass is 480 g/mol. The summed E-state index contributed by atoms with van der Waals surface area (Å²) >= 11 is 5.95. The van der Waals surface area contributed by atoms with Crippen LogP contribution < -0.4 is 0 Å². The van der Waals surface area contributed by atoms with Gasteiger partial charge in [0.15, 0.2) is 9.84 Å². The van der Waals surface area contributed by atoms with Crippen molar-refractivity contribution in [3.05, 3.63) is 29.3 Å². The third kappa shape index (κ3) is 4.37. The molecule has 32 heavy (non-hydrogen) atoms.